The van der Waals surface area contributed by atoms with E-state index >= 15 is 0 Å². The Bertz CT molecular complexity index is 740. The summed E-state index contributed by atoms with van der Waals surface area (Å²) in [7, 11) is 1.66. The maximum absolute atomic E-state index is 12.7. The van der Waals surface area contributed by atoms with Gasteiger partial charge < -0.3 is 14.5 Å². The molecule has 126 valence electrons. The average molecular weight is 345 g/mol. The van der Waals surface area contributed by atoms with Crippen LogP contribution in [0.1, 0.15) is 15.9 Å². The highest BCUT2D eigenvalue weighted by Crippen LogP contribution is 2.32. The Hall–Kier alpha value is -2.20. The molecule has 24 heavy (non-hydrogen) atoms. The lowest BCUT2D eigenvalue weighted by molar-refractivity contribution is 0.0746. The van der Waals surface area contributed by atoms with E-state index in [2.05, 4.69) is 4.90 Å². The molecular formula is C19H21ClN2O2. The first-order valence-electron chi connectivity index (χ1n) is 8.03. The zero-order chi connectivity index (χ0) is 17.1. The summed E-state index contributed by atoms with van der Waals surface area (Å²) in [6.07, 6.45) is 0. The molecule has 1 aliphatic heterocycles. The summed E-state index contributed by atoms with van der Waals surface area (Å²) in [5.41, 5.74) is 2.78. The lowest BCUT2D eigenvalue weighted by Gasteiger charge is -2.37. The summed E-state index contributed by atoms with van der Waals surface area (Å²) in [6, 6.07) is 13.3. The van der Waals surface area contributed by atoms with Crippen molar-refractivity contribution in [2.75, 3.05) is 38.2 Å². The quantitative estimate of drug-likeness (QED) is 0.852. The molecule has 0 bridgehead atoms. The second-order valence-corrected chi connectivity index (χ2v) is 6.35. The van der Waals surface area contributed by atoms with Crippen LogP contribution in [0.4, 0.5) is 5.69 Å². The van der Waals surface area contributed by atoms with Crippen LogP contribution in [0.2, 0.25) is 5.02 Å². The Labute approximate surface area is 147 Å². The Balaban J connectivity index is 1.71. The summed E-state index contributed by atoms with van der Waals surface area (Å²) in [4.78, 5) is 16.8. The van der Waals surface area contributed by atoms with Crippen LogP contribution in [-0.4, -0.2) is 44.1 Å². The number of hydrogen-bond donors (Lipinski definition) is 0. The lowest BCUT2D eigenvalue weighted by atomic mass is 10.1. The molecule has 1 saturated heterocycles. The van der Waals surface area contributed by atoms with Crippen LogP contribution in [-0.2, 0) is 0 Å². The van der Waals surface area contributed by atoms with Crippen LogP contribution in [0, 0.1) is 6.92 Å². The minimum atomic E-state index is 0.103. The van der Waals surface area contributed by atoms with E-state index in [0.717, 1.165) is 35.7 Å². The third kappa shape index (κ3) is 3.34. The van der Waals surface area contributed by atoms with Gasteiger partial charge in [0.2, 0.25) is 0 Å². The molecule has 2 aromatic rings. The van der Waals surface area contributed by atoms with Crippen molar-refractivity contribution in [3.63, 3.8) is 0 Å². The summed E-state index contributed by atoms with van der Waals surface area (Å²) in [6.45, 7) is 4.86. The van der Waals surface area contributed by atoms with Crippen LogP contribution in [0.15, 0.2) is 42.5 Å². The monoisotopic (exact) mass is 344 g/mol. The summed E-state index contributed by atoms with van der Waals surface area (Å²) in [5.74, 6) is 0.906. The van der Waals surface area contributed by atoms with Crippen molar-refractivity contribution in [2.24, 2.45) is 0 Å². The second-order valence-electron chi connectivity index (χ2n) is 5.91. The summed E-state index contributed by atoms with van der Waals surface area (Å²) >= 11 is 6.12. The van der Waals surface area contributed by atoms with E-state index in [1.807, 2.05) is 54.3 Å². The number of aryl methyl sites for hydroxylation is 1. The van der Waals surface area contributed by atoms with Gasteiger partial charge in [-0.15, -0.1) is 0 Å². The number of amides is 1. The maximum atomic E-state index is 12.7. The molecule has 0 unspecified atom stereocenters. The van der Waals surface area contributed by atoms with Gasteiger partial charge in [-0.05, 0) is 36.8 Å². The summed E-state index contributed by atoms with van der Waals surface area (Å²) < 4.78 is 5.43. The van der Waals surface area contributed by atoms with Gasteiger partial charge in [-0.25, -0.2) is 0 Å². The van der Waals surface area contributed by atoms with E-state index in [4.69, 9.17) is 16.3 Å². The molecule has 4 nitrogen and oxygen atoms in total. The second kappa shape index (κ2) is 7.14. The largest absolute Gasteiger partial charge is 0.495 e. The van der Waals surface area contributed by atoms with Gasteiger partial charge in [0.1, 0.15) is 5.75 Å². The molecule has 0 aromatic heterocycles. The predicted octanol–water partition coefficient (Wildman–Crippen LogP) is 3.62. The number of carbonyl (C=O) groups excluding carboxylic acids is 1. The predicted molar refractivity (Wildman–Crippen MR) is 97.3 cm³/mol. The Morgan fingerprint density at radius 1 is 1.08 bits per heavy atom. The number of benzene rings is 2. The van der Waals surface area contributed by atoms with Crippen molar-refractivity contribution in [3.8, 4) is 5.75 Å². The van der Waals surface area contributed by atoms with Gasteiger partial charge in [0.05, 0.1) is 12.8 Å². The molecule has 0 spiro atoms. The van der Waals surface area contributed by atoms with Gasteiger partial charge in [-0.2, -0.15) is 0 Å². The van der Waals surface area contributed by atoms with Crippen LogP contribution >= 0.6 is 11.6 Å². The minimum Gasteiger partial charge on any atom is -0.495 e. The number of anilines is 1. The normalized spacial score (nSPS) is 14.6. The number of rotatable bonds is 3. The van der Waals surface area contributed by atoms with Crippen molar-refractivity contribution in [3.05, 3.63) is 58.6 Å². The van der Waals surface area contributed by atoms with Gasteiger partial charge in [-0.3, -0.25) is 4.79 Å². The van der Waals surface area contributed by atoms with Crippen molar-refractivity contribution >= 4 is 23.2 Å². The molecule has 1 fully saturated rings. The fraction of sp³-hybridized carbons (Fsp3) is 0.316. The Kier molecular flexibility index (Phi) is 4.95. The average Bonchev–Trinajstić information content (AvgIpc) is 2.62. The molecule has 0 aliphatic carbocycles. The highest BCUT2D eigenvalue weighted by Gasteiger charge is 2.24. The third-order valence-electron chi connectivity index (χ3n) is 4.42. The molecular weight excluding hydrogens is 324 g/mol. The molecule has 3 rings (SSSR count). The topological polar surface area (TPSA) is 32.8 Å². The van der Waals surface area contributed by atoms with Gasteiger partial charge in [0.15, 0.2) is 0 Å². The molecule has 1 aliphatic rings. The smallest absolute Gasteiger partial charge is 0.254 e. The van der Waals surface area contributed by atoms with E-state index in [-0.39, 0.29) is 5.91 Å². The van der Waals surface area contributed by atoms with E-state index in [1.54, 1.807) is 7.11 Å². The molecule has 0 N–H and O–H groups in total. The first-order chi connectivity index (χ1) is 11.6. The molecule has 0 saturated carbocycles. The molecule has 5 heteroatoms. The third-order valence-corrected chi connectivity index (χ3v) is 4.66. The lowest BCUT2D eigenvalue weighted by Crippen LogP contribution is -2.49. The fourth-order valence-electron chi connectivity index (χ4n) is 3.04. The standard InChI is InChI=1S/C19H21ClN2O2/c1-14-5-3-4-6-16(14)19(23)22-11-9-21(10-12-22)17-13-15(20)7-8-18(17)24-2/h3-8,13H,9-12H2,1-2H3. The van der Waals surface area contributed by atoms with Gasteiger partial charge in [0.25, 0.3) is 5.91 Å². The number of halogens is 1. The zero-order valence-corrected chi connectivity index (χ0v) is 14.7. The van der Waals surface area contributed by atoms with Crippen molar-refractivity contribution < 1.29 is 9.53 Å². The van der Waals surface area contributed by atoms with E-state index < -0.39 is 0 Å². The number of carbonyl (C=O) groups is 1. The van der Waals surface area contributed by atoms with Crippen molar-refractivity contribution in [1.29, 1.82) is 0 Å². The van der Waals surface area contributed by atoms with Crippen molar-refractivity contribution in [2.45, 2.75) is 6.92 Å². The Morgan fingerprint density at radius 2 is 1.79 bits per heavy atom. The molecule has 2 aromatic carbocycles. The maximum Gasteiger partial charge on any atom is 0.254 e. The molecule has 1 heterocycles. The van der Waals surface area contributed by atoms with Gasteiger partial charge in [-0.1, -0.05) is 29.8 Å². The zero-order valence-electron chi connectivity index (χ0n) is 14.0. The number of piperazine rings is 1. The fourth-order valence-corrected chi connectivity index (χ4v) is 3.21. The van der Waals surface area contributed by atoms with Crippen LogP contribution in [0.25, 0.3) is 0 Å². The molecule has 0 atom stereocenters. The molecule has 1 amide bonds. The summed E-state index contributed by atoms with van der Waals surface area (Å²) in [5, 5.41) is 0.684. The highest BCUT2D eigenvalue weighted by atomic mass is 35.5. The van der Waals surface area contributed by atoms with Crippen LogP contribution in [0.3, 0.4) is 0 Å². The number of nitrogens with zero attached hydrogens (tertiary/aromatic N) is 2. The van der Waals surface area contributed by atoms with E-state index in [1.165, 1.54) is 0 Å². The van der Waals surface area contributed by atoms with Crippen molar-refractivity contribution in [1.82, 2.24) is 4.90 Å². The first-order valence-corrected chi connectivity index (χ1v) is 8.41. The van der Waals surface area contributed by atoms with Gasteiger partial charge >= 0.3 is 0 Å². The van der Waals surface area contributed by atoms with Crippen LogP contribution in [0.5, 0.6) is 5.75 Å². The number of ether oxygens (including phenoxy) is 1. The first kappa shape index (κ1) is 16.7. The minimum absolute atomic E-state index is 0.103. The van der Waals surface area contributed by atoms with E-state index in [0.29, 0.717) is 18.1 Å². The molecule has 0 radical (unpaired) electrons. The number of hydrogen-bond acceptors (Lipinski definition) is 3. The Morgan fingerprint density at radius 3 is 2.46 bits per heavy atom. The van der Waals surface area contributed by atoms with Gasteiger partial charge in [0, 0.05) is 36.8 Å². The highest BCUT2D eigenvalue weighted by molar-refractivity contribution is 6.30. The number of methoxy groups -OCH3 is 1. The SMILES string of the molecule is COc1ccc(Cl)cc1N1CCN(C(=O)c2ccccc2C)CC1. The van der Waals surface area contributed by atoms with E-state index in [9.17, 15) is 4.79 Å². The van der Waals surface area contributed by atoms with Crippen LogP contribution < -0.4 is 9.64 Å².